The third kappa shape index (κ3) is 8.14. The number of alkyl halides is 3. The molecule has 0 heterocycles. The van der Waals surface area contributed by atoms with Crippen LogP contribution in [0.5, 0.6) is 5.75 Å². The molecular formula is C16H11F3N3Na2O3-. The van der Waals surface area contributed by atoms with Gasteiger partial charge < -0.3 is 31.4 Å². The maximum absolute atomic E-state index is 12.5. The van der Waals surface area contributed by atoms with Crippen LogP contribution in [-0.4, -0.2) is 5.97 Å². The molecule has 0 aromatic heterocycles. The summed E-state index contributed by atoms with van der Waals surface area (Å²) in [5.74, 6) is -1.58. The van der Waals surface area contributed by atoms with Crippen LogP contribution in [0.1, 0.15) is 5.56 Å². The molecule has 0 unspecified atom stereocenters. The fourth-order valence-electron chi connectivity index (χ4n) is 1.78. The molecule has 27 heavy (non-hydrogen) atoms. The Hall–Kier alpha value is -1.20. The van der Waals surface area contributed by atoms with Gasteiger partial charge in [-0.05, 0) is 34.9 Å². The number of hydrogen-bond acceptors (Lipinski definition) is 5. The second-order valence-corrected chi connectivity index (χ2v) is 4.54. The maximum atomic E-state index is 12.5. The van der Waals surface area contributed by atoms with Crippen LogP contribution in [-0.2, 0) is 11.0 Å². The van der Waals surface area contributed by atoms with E-state index in [-0.39, 0.29) is 71.0 Å². The van der Waals surface area contributed by atoms with E-state index >= 15 is 0 Å². The van der Waals surface area contributed by atoms with Crippen molar-refractivity contribution >= 4 is 5.97 Å². The Morgan fingerprint density at radius 1 is 1.00 bits per heavy atom. The van der Waals surface area contributed by atoms with E-state index < -0.39 is 23.4 Å². The predicted octanol–water partition coefficient (Wildman–Crippen LogP) is -2.66. The molecule has 0 saturated carbocycles. The number of carbonyl (C=O) groups is 1. The topological polar surface area (TPSA) is 119 Å². The Morgan fingerprint density at radius 3 is 1.81 bits per heavy atom. The van der Waals surface area contributed by atoms with E-state index in [4.69, 9.17) is 10.3 Å². The summed E-state index contributed by atoms with van der Waals surface area (Å²) in [7, 11) is 0. The van der Waals surface area contributed by atoms with Gasteiger partial charge in [-0.1, -0.05) is 36.4 Å². The molecule has 0 aliphatic rings. The van der Waals surface area contributed by atoms with Gasteiger partial charge in [0.15, 0.2) is 0 Å². The minimum atomic E-state index is -4.40. The van der Waals surface area contributed by atoms with Crippen molar-refractivity contribution in [2.75, 3.05) is 0 Å². The van der Waals surface area contributed by atoms with Gasteiger partial charge in [-0.15, -0.1) is 0 Å². The van der Waals surface area contributed by atoms with Crippen molar-refractivity contribution in [3.8, 4) is 16.9 Å². The number of aliphatic carboxylic acids is 1. The SMILES string of the molecule is N.[N-]=NC(=[C-]Oc1ccc(-c2ccc(C(F)(F)F)cc2)cc1)C(=O)[O-].[Na+].[Na+]. The minimum Gasteiger partial charge on any atom is -0.708 e. The van der Waals surface area contributed by atoms with Crippen LogP contribution in [0.4, 0.5) is 13.2 Å². The number of hydrogen-bond donors (Lipinski definition) is 1. The van der Waals surface area contributed by atoms with Crippen LogP contribution in [0.2, 0.25) is 0 Å². The van der Waals surface area contributed by atoms with Crippen LogP contribution < -0.4 is 75.1 Å². The summed E-state index contributed by atoms with van der Waals surface area (Å²) < 4.78 is 42.4. The fourth-order valence-corrected chi connectivity index (χ4v) is 1.78. The molecule has 11 heteroatoms. The molecule has 0 aliphatic carbocycles. The van der Waals surface area contributed by atoms with E-state index in [0.717, 1.165) is 12.1 Å². The number of carbonyl (C=O) groups excluding carboxylic acids is 1. The molecule has 6 nitrogen and oxygen atoms in total. The zero-order valence-corrected chi connectivity index (χ0v) is 18.6. The van der Waals surface area contributed by atoms with Crippen molar-refractivity contribution in [3.63, 3.8) is 0 Å². The van der Waals surface area contributed by atoms with Crippen molar-refractivity contribution in [2.24, 2.45) is 5.11 Å². The molecule has 0 radical (unpaired) electrons. The van der Waals surface area contributed by atoms with Crippen LogP contribution in [0.15, 0.2) is 59.3 Å². The van der Waals surface area contributed by atoms with Gasteiger partial charge in [-0.25, -0.2) is 0 Å². The van der Waals surface area contributed by atoms with Crippen molar-refractivity contribution in [3.05, 3.63) is 71.6 Å². The van der Waals surface area contributed by atoms with E-state index in [9.17, 15) is 23.1 Å². The first-order valence-electron chi connectivity index (χ1n) is 6.45. The summed E-state index contributed by atoms with van der Waals surface area (Å²) in [6, 6.07) is 10.7. The van der Waals surface area contributed by atoms with Gasteiger partial charge in [0.1, 0.15) is 0 Å². The zero-order valence-electron chi connectivity index (χ0n) is 14.6. The van der Waals surface area contributed by atoms with Crippen LogP contribution in [0.25, 0.3) is 16.7 Å². The molecule has 0 atom stereocenters. The third-order valence-corrected chi connectivity index (χ3v) is 2.96. The molecule has 2 aromatic carbocycles. The van der Waals surface area contributed by atoms with Gasteiger partial charge in [0.2, 0.25) is 0 Å². The second kappa shape index (κ2) is 12.3. The number of nitrogens with zero attached hydrogens (tertiary/aromatic N) is 2. The smallest absolute Gasteiger partial charge is 0.708 e. The van der Waals surface area contributed by atoms with E-state index in [2.05, 4.69) is 5.11 Å². The van der Waals surface area contributed by atoms with E-state index in [1.807, 2.05) is 6.26 Å². The molecule has 2 aromatic rings. The number of benzene rings is 2. The van der Waals surface area contributed by atoms with Crippen LogP contribution >= 0.6 is 0 Å². The molecular weight excluding hydrogens is 385 g/mol. The zero-order chi connectivity index (χ0) is 17.7. The third-order valence-electron chi connectivity index (χ3n) is 2.96. The first kappa shape index (κ1) is 28.0. The Balaban J connectivity index is 0. The molecule has 132 valence electrons. The number of rotatable bonds is 5. The molecule has 0 saturated heterocycles. The fraction of sp³-hybridized carbons (Fsp3) is 0.0625. The second-order valence-electron chi connectivity index (χ2n) is 4.54. The average molecular weight is 396 g/mol. The summed E-state index contributed by atoms with van der Waals surface area (Å²) in [5, 5.41) is 12.9. The average Bonchev–Trinajstić information content (AvgIpc) is 2.55. The number of halogens is 3. The number of carboxylic acids is 1. The molecule has 0 fully saturated rings. The first-order chi connectivity index (χ1) is 11.3. The van der Waals surface area contributed by atoms with Gasteiger partial charge in [0.25, 0.3) is 0 Å². The van der Waals surface area contributed by atoms with Crippen LogP contribution in [0.3, 0.4) is 0 Å². The monoisotopic (exact) mass is 396 g/mol. The van der Waals surface area contributed by atoms with Gasteiger partial charge in [0, 0.05) is 12.0 Å². The van der Waals surface area contributed by atoms with Gasteiger partial charge >= 0.3 is 65.3 Å². The molecule has 3 N–H and O–H groups in total. The Kier molecular flexibility index (Phi) is 12.8. The minimum absolute atomic E-state index is 0. The van der Waals surface area contributed by atoms with Gasteiger partial charge in [-0.2, -0.15) is 13.2 Å². The molecule has 0 amide bonds. The molecule has 0 spiro atoms. The predicted molar refractivity (Wildman–Crippen MR) is 80.1 cm³/mol. The summed E-state index contributed by atoms with van der Waals surface area (Å²) in [6.45, 7) is 0. The molecule has 2 rings (SSSR count). The van der Waals surface area contributed by atoms with Gasteiger partial charge in [0.05, 0.1) is 5.56 Å². The van der Waals surface area contributed by atoms with Crippen molar-refractivity contribution in [1.29, 1.82) is 0 Å². The van der Waals surface area contributed by atoms with Crippen molar-refractivity contribution in [2.45, 2.75) is 6.18 Å². The summed E-state index contributed by atoms with van der Waals surface area (Å²) in [4.78, 5) is 10.5. The Labute approximate surface area is 197 Å². The normalized spacial score (nSPS) is 10.6. The van der Waals surface area contributed by atoms with Gasteiger partial charge in [-0.3, -0.25) is 0 Å². The largest absolute Gasteiger partial charge is 1.00 e. The summed E-state index contributed by atoms with van der Waals surface area (Å²) in [5.41, 5.74) is 7.93. The quantitative estimate of drug-likeness (QED) is 0.195. The summed E-state index contributed by atoms with van der Waals surface area (Å²) in [6.07, 6.45) is -2.51. The Bertz CT molecular complexity index is 780. The Morgan fingerprint density at radius 2 is 1.44 bits per heavy atom. The first-order valence-corrected chi connectivity index (χ1v) is 6.45. The number of ether oxygens (including phenoxy) is 1. The van der Waals surface area contributed by atoms with Crippen molar-refractivity contribution < 1.29 is 86.9 Å². The standard InChI is InChI=1S/C16H9F3N2O3.H3N.2Na/c17-16(18,19)12-5-1-10(2-6-12)11-3-7-13(8-4-11)24-9-14(21-20)15(22)23;;;/h1-8H,(H,22,23);1H3;;/q-2;;2*+1/p-1. The van der Waals surface area contributed by atoms with E-state index in [1.54, 1.807) is 12.1 Å². The molecule has 0 bridgehead atoms. The van der Waals surface area contributed by atoms with Crippen LogP contribution in [0, 0.1) is 6.26 Å². The van der Waals surface area contributed by atoms with E-state index in [0.29, 0.717) is 11.1 Å². The van der Waals surface area contributed by atoms with E-state index in [1.165, 1.54) is 24.3 Å². The van der Waals surface area contributed by atoms with Crippen molar-refractivity contribution in [1.82, 2.24) is 6.15 Å². The summed E-state index contributed by atoms with van der Waals surface area (Å²) >= 11 is 0. The number of carboxylic acid groups (broad SMARTS) is 1. The molecule has 0 aliphatic heterocycles. The maximum Gasteiger partial charge on any atom is 1.00 e.